The van der Waals surface area contributed by atoms with E-state index in [-0.39, 0.29) is 5.57 Å². The van der Waals surface area contributed by atoms with Crippen molar-refractivity contribution < 1.29 is 14.4 Å². The van der Waals surface area contributed by atoms with Gasteiger partial charge >= 0.3 is 6.03 Å². The van der Waals surface area contributed by atoms with E-state index in [2.05, 4.69) is 0 Å². The van der Waals surface area contributed by atoms with E-state index in [0.717, 1.165) is 26.3 Å². The molecule has 0 unspecified atom stereocenters. The van der Waals surface area contributed by atoms with Crippen LogP contribution in [0.1, 0.15) is 11.1 Å². The van der Waals surface area contributed by atoms with E-state index in [4.69, 9.17) is 23.2 Å². The fraction of sp³-hybridized carbons (Fsp3) is 0.136. The topological polar surface area (TPSA) is 62.6 Å². The zero-order valence-corrected chi connectivity index (χ0v) is 17.7. The van der Waals surface area contributed by atoms with Crippen molar-refractivity contribution in [2.75, 3.05) is 14.1 Å². The smallest absolute Gasteiger partial charge is 0.333 e. The molecule has 1 aromatic heterocycles. The summed E-state index contributed by atoms with van der Waals surface area (Å²) < 4.78 is 1.99. The number of halogens is 2. The van der Waals surface area contributed by atoms with Gasteiger partial charge in [-0.1, -0.05) is 47.5 Å². The van der Waals surface area contributed by atoms with Crippen LogP contribution in [0.5, 0.6) is 0 Å². The number of nitrogens with zero attached hydrogens (tertiary/aromatic N) is 3. The van der Waals surface area contributed by atoms with Crippen LogP contribution in [0.25, 0.3) is 17.0 Å². The summed E-state index contributed by atoms with van der Waals surface area (Å²) >= 11 is 12.3. The van der Waals surface area contributed by atoms with Gasteiger partial charge in [0.15, 0.2) is 0 Å². The molecule has 0 atom stereocenters. The first-order valence-electron chi connectivity index (χ1n) is 9.11. The quantitative estimate of drug-likeness (QED) is 0.446. The summed E-state index contributed by atoms with van der Waals surface area (Å²) in [7, 11) is 2.71. The molecule has 1 aliphatic rings. The van der Waals surface area contributed by atoms with Crippen LogP contribution in [-0.2, 0) is 16.1 Å². The highest BCUT2D eigenvalue weighted by Gasteiger charge is 2.37. The molecular weight excluding hydrogens is 425 g/mol. The molecule has 4 rings (SSSR count). The number of aromatic nitrogens is 1. The number of imide groups is 2. The molecule has 0 saturated carbocycles. The van der Waals surface area contributed by atoms with Gasteiger partial charge in [0.2, 0.25) is 0 Å². The first-order valence-corrected chi connectivity index (χ1v) is 9.87. The van der Waals surface area contributed by atoms with Crippen molar-refractivity contribution in [3.63, 3.8) is 0 Å². The van der Waals surface area contributed by atoms with Gasteiger partial charge in [-0.2, -0.15) is 0 Å². The number of rotatable bonds is 3. The number of hydrogen-bond donors (Lipinski definition) is 0. The van der Waals surface area contributed by atoms with Gasteiger partial charge in [-0.15, -0.1) is 0 Å². The molecule has 1 fully saturated rings. The molecule has 8 heteroatoms. The van der Waals surface area contributed by atoms with Crippen molar-refractivity contribution in [2.45, 2.75) is 6.54 Å². The first-order chi connectivity index (χ1) is 14.3. The molecule has 30 heavy (non-hydrogen) atoms. The lowest BCUT2D eigenvalue weighted by Crippen LogP contribution is -2.52. The second-order valence-electron chi connectivity index (χ2n) is 7.03. The summed E-state index contributed by atoms with van der Waals surface area (Å²) in [6.45, 7) is 0.486. The van der Waals surface area contributed by atoms with E-state index in [9.17, 15) is 14.4 Å². The van der Waals surface area contributed by atoms with Crippen LogP contribution in [0.2, 0.25) is 10.0 Å². The number of amides is 4. The Morgan fingerprint density at radius 1 is 0.933 bits per heavy atom. The molecule has 0 aliphatic carbocycles. The van der Waals surface area contributed by atoms with Gasteiger partial charge in [0.25, 0.3) is 11.8 Å². The molecule has 152 valence electrons. The number of carbonyl (C=O) groups is 3. The molecule has 2 heterocycles. The maximum atomic E-state index is 12.6. The zero-order valence-electron chi connectivity index (χ0n) is 16.2. The van der Waals surface area contributed by atoms with Gasteiger partial charge in [0.1, 0.15) is 5.57 Å². The van der Waals surface area contributed by atoms with Gasteiger partial charge in [-0.25, -0.2) is 4.79 Å². The van der Waals surface area contributed by atoms with Crippen LogP contribution < -0.4 is 0 Å². The lowest BCUT2D eigenvalue weighted by Gasteiger charge is -2.28. The van der Waals surface area contributed by atoms with Crippen LogP contribution in [0.4, 0.5) is 4.79 Å². The van der Waals surface area contributed by atoms with Crippen LogP contribution in [0, 0.1) is 0 Å². The third kappa shape index (κ3) is 3.38. The van der Waals surface area contributed by atoms with E-state index in [1.54, 1.807) is 12.1 Å². The minimum Gasteiger partial charge on any atom is -0.342 e. The summed E-state index contributed by atoms with van der Waals surface area (Å²) in [5.41, 5.74) is 2.44. The third-order valence-corrected chi connectivity index (χ3v) is 5.71. The van der Waals surface area contributed by atoms with Gasteiger partial charge in [0, 0.05) is 53.3 Å². The van der Waals surface area contributed by atoms with Crippen LogP contribution >= 0.6 is 23.2 Å². The molecule has 1 aliphatic heterocycles. The Morgan fingerprint density at radius 3 is 2.27 bits per heavy atom. The summed E-state index contributed by atoms with van der Waals surface area (Å²) in [5, 5.41) is 1.99. The average Bonchev–Trinajstić information content (AvgIpc) is 3.08. The fourth-order valence-corrected chi connectivity index (χ4v) is 3.95. The number of carbonyl (C=O) groups excluding carboxylic acids is 3. The maximum Gasteiger partial charge on any atom is 0.333 e. The molecular formula is C22H17Cl2N3O3. The number of likely N-dealkylation sites (N-methyl/N-ethyl adjacent to an activating group) is 2. The lowest BCUT2D eigenvalue weighted by atomic mass is 10.1. The Morgan fingerprint density at radius 2 is 1.60 bits per heavy atom. The van der Waals surface area contributed by atoms with Crippen molar-refractivity contribution in [1.29, 1.82) is 0 Å². The molecule has 2 aromatic carbocycles. The fourth-order valence-electron chi connectivity index (χ4n) is 3.48. The van der Waals surface area contributed by atoms with E-state index in [0.29, 0.717) is 22.2 Å². The van der Waals surface area contributed by atoms with Crippen molar-refractivity contribution in [3.05, 3.63) is 75.4 Å². The van der Waals surface area contributed by atoms with Gasteiger partial charge in [0.05, 0.1) is 0 Å². The molecule has 0 bridgehead atoms. The van der Waals surface area contributed by atoms with Crippen LogP contribution in [0.15, 0.2) is 54.2 Å². The number of barbiturate groups is 1. The van der Waals surface area contributed by atoms with Crippen molar-refractivity contribution in [3.8, 4) is 0 Å². The monoisotopic (exact) mass is 441 g/mol. The second kappa shape index (κ2) is 7.63. The van der Waals surface area contributed by atoms with Gasteiger partial charge in [-0.05, 0) is 29.8 Å². The first kappa shape index (κ1) is 20.2. The van der Waals surface area contributed by atoms with Gasteiger partial charge < -0.3 is 4.57 Å². The van der Waals surface area contributed by atoms with E-state index >= 15 is 0 Å². The Labute approximate surface area is 182 Å². The SMILES string of the molecule is CN1C(=O)C(=Cc2cn(Cc3ccc(Cl)cc3Cl)c3ccccc23)C(=O)N(C)C1=O. The maximum absolute atomic E-state index is 12.6. The number of benzene rings is 2. The Bertz CT molecular complexity index is 1220. The van der Waals surface area contributed by atoms with Crippen molar-refractivity contribution in [1.82, 2.24) is 14.4 Å². The lowest BCUT2D eigenvalue weighted by molar-refractivity contribution is -0.134. The van der Waals surface area contributed by atoms with Crippen LogP contribution in [0.3, 0.4) is 0 Å². The molecule has 0 N–H and O–H groups in total. The Balaban J connectivity index is 1.81. The zero-order chi connectivity index (χ0) is 21.6. The second-order valence-corrected chi connectivity index (χ2v) is 7.88. The van der Waals surface area contributed by atoms with E-state index < -0.39 is 17.8 Å². The number of para-hydroxylation sites is 1. The number of urea groups is 1. The standard InChI is InChI=1S/C22H17Cl2N3O3/c1-25-20(28)17(21(29)26(2)22(25)30)9-14-12-27(19-6-4-3-5-16(14)19)11-13-7-8-15(23)10-18(13)24/h3-10,12H,11H2,1-2H3. The molecule has 0 spiro atoms. The van der Waals surface area contributed by atoms with Gasteiger partial charge in [-0.3, -0.25) is 19.4 Å². The summed E-state index contributed by atoms with van der Waals surface area (Å²) in [4.78, 5) is 39.0. The Kier molecular flexibility index (Phi) is 5.13. The predicted molar refractivity (Wildman–Crippen MR) is 116 cm³/mol. The largest absolute Gasteiger partial charge is 0.342 e. The molecule has 6 nitrogen and oxygen atoms in total. The molecule has 0 radical (unpaired) electrons. The third-order valence-electron chi connectivity index (χ3n) is 5.12. The number of fused-ring (bicyclic) bond motifs is 1. The summed E-state index contributed by atoms with van der Waals surface area (Å²) in [6, 6.07) is 12.3. The molecule has 3 aromatic rings. The highest BCUT2D eigenvalue weighted by Crippen LogP contribution is 2.28. The summed E-state index contributed by atoms with van der Waals surface area (Å²) in [6.07, 6.45) is 3.39. The number of hydrogen-bond acceptors (Lipinski definition) is 3. The summed E-state index contributed by atoms with van der Waals surface area (Å²) in [5.74, 6) is -1.25. The molecule has 4 amide bonds. The minimum atomic E-state index is -0.651. The highest BCUT2D eigenvalue weighted by molar-refractivity contribution is 6.35. The Hall–Kier alpha value is -3.09. The minimum absolute atomic E-state index is 0.0629. The van der Waals surface area contributed by atoms with Crippen molar-refractivity contribution >= 4 is 58.0 Å². The van der Waals surface area contributed by atoms with E-state index in [1.165, 1.54) is 20.2 Å². The highest BCUT2D eigenvalue weighted by atomic mass is 35.5. The van der Waals surface area contributed by atoms with E-state index in [1.807, 2.05) is 41.1 Å². The predicted octanol–water partition coefficient (Wildman–Crippen LogP) is 4.43. The molecule has 1 saturated heterocycles. The van der Waals surface area contributed by atoms with Crippen LogP contribution in [-0.4, -0.2) is 46.3 Å². The average molecular weight is 442 g/mol. The normalized spacial score (nSPS) is 14.8. The van der Waals surface area contributed by atoms with Crippen molar-refractivity contribution in [2.24, 2.45) is 0 Å².